The molecular weight excluding hydrogens is 236 g/mol. The second-order valence-corrected chi connectivity index (χ2v) is 5.10. The van der Waals surface area contributed by atoms with Gasteiger partial charge in [0.25, 0.3) is 0 Å². The predicted molar refractivity (Wildman–Crippen MR) is 76.7 cm³/mol. The van der Waals surface area contributed by atoms with Gasteiger partial charge in [-0.25, -0.2) is 0 Å². The Balaban J connectivity index is 1.92. The number of hydrogen-bond acceptors (Lipinski definition) is 3. The standard InChI is InChI=1S/C16H20N2O/c1-13-5-7-15(8-6-13)16(2,19)12-18-11-14-4-3-9-17-10-14/h3-10,18-19H,11-12H2,1-2H3. The van der Waals surface area contributed by atoms with Crippen LogP contribution in [0.25, 0.3) is 0 Å². The van der Waals surface area contributed by atoms with E-state index in [1.54, 1.807) is 6.20 Å². The van der Waals surface area contributed by atoms with Gasteiger partial charge in [-0.3, -0.25) is 4.98 Å². The number of pyridine rings is 1. The summed E-state index contributed by atoms with van der Waals surface area (Å²) in [7, 11) is 0. The van der Waals surface area contributed by atoms with Gasteiger partial charge in [-0.05, 0) is 31.0 Å². The summed E-state index contributed by atoms with van der Waals surface area (Å²) in [6.07, 6.45) is 3.58. The van der Waals surface area contributed by atoms with E-state index in [-0.39, 0.29) is 0 Å². The first kappa shape index (κ1) is 13.7. The zero-order chi connectivity index (χ0) is 13.7. The largest absolute Gasteiger partial charge is 0.384 e. The first-order valence-electron chi connectivity index (χ1n) is 6.47. The van der Waals surface area contributed by atoms with E-state index in [2.05, 4.69) is 10.3 Å². The van der Waals surface area contributed by atoms with Crippen LogP contribution in [0.3, 0.4) is 0 Å². The van der Waals surface area contributed by atoms with Gasteiger partial charge in [-0.15, -0.1) is 0 Å². The molecule has 2 aromatic rings. The molecule has 0 saturated carbocycles. The molecule has 100 valence electrons. The second kappa shape index (κ2) is 5.95. The smallest absolute Gasteiger partial charge is 0.0992 e. The van der Waals surface area contributed by atoms with Crippen molar-refractivity contribution in [3.8, 4) is 0 Å². The number of nitrogens with one attached hydrogen (secondary N) is 1. The topological polar surface area (TPSA) is 45.1 Å². The highest BCUT2D eigenvalue weighted by atomic mass is 16.3. The molecule has 0 amide bonds. The molecule has 3 nitrogen and oxygen atoms in total. The van der Waals surface area contributed by atoms with Crippen molar-refractivity contribution >= 4 is 0 Å². The van der Waals surface area contributed by atoms with Gasteiger partial charge in [0.15, 0.2) is 0 Å². The van der Waals surface area contributed by atoms with Crippen LogP contribution in [0.5, 0.6) is 0 Å². The molecule has 3 heteroatoms. The van der Waals surface area contributed by atoms with Crippen molar-refractivity contribution in [1.29, 1.82) is 0 Å². The molecule has 0 fully saturated rings. The van der Waals surface area contributed by atoms with Crippen molar-refractivity contribution in [3.05, 3.63) is 65.5 Å². The van der Waals surface area contributed by atoms with Gasteiger partial charge in [0.05, 0.1) is 5.60 Å². The number of rotatable bonds is 5. The molecule has 19 heavy (non-hydrogen) atoms. The summed E-state index contributed by atoms with van der Waals surface area (Å²) < 4.78 is 0. The van der Waals surface area contributed by atoms with E-state index in [9.17, 15) is 5.11 Å². The maximum Gasteiger partial charge on any atom is 0.0992 e. The molecule has 1 heterocycles. The highest BCUT2D eigenvalue weighted by Crippen LogP contribution is 2.20. The molecule has 2 N–H and O–H groups in total. The quantitative estimate of drug-likeness (QED) is 0.863. The van der Waals surface area contributed by atoms with Crippen LogP contribution in [-0.4, -0.2) is 16.6 Å². The number of aliphatic hydroxyl groups is 1. The number of hydrogen-bond donors (Lipinski definition) is 2. The van der Waals surface area contributed by atoms with E-state index in [1.807, 2.05) is 56.4 Å². The van der Waals surface area contributed by atoms with Crippen LogP contribution >= 0.6 is 0 Å². The van der Waals surface area contributed by atoms with Crippen molar-refractivity contribution in [2.24, 2.45) is 0 Å². The van der Waals surface area contributed by atoms with Crippen LogP contribution in [-0.2, 0) is 12.1 Å². The molecule has 1 atom stereocenters. The van der Waals surface area contributed by atoms with Crippen LogP contribution in [0.15, 0.2) is 48.8 Å². The molecule has 0 radical (unpaired) electrons. The van der Waals surface area contributed by atoms with Gasteiger partial charge in [0, 0.05) is 25.5 Å². The Morgan fingerprint density at radius 1 is 1.21 bits per heavy atom. The molecule has 1 aromatic carbocycles. The van der Waals surface area contributed by atoms with Gasteiger partial charge in [0.1, 0.15) is 0 Å². The Morgan fingerprint density at radius 3 is 2.58 bits per heavy atom. The second-order valence-electron chi connectivity index (χ2n) is 5.10. The summed E-state index contributed by atoms with van der Waals surface area (Å²) in [6, 6.07) is 11.9. The summed E-state index contributed by atoms with van der Waals surface area (Å²) in [6.45, 7) is 5.08. The lowest BCUT2D eigenvalue weighted by Crippen LogP contribution is -2.35. The van der Waals surface area contributed by atoms with Crippen molar-refractivity contribution in [1.82, 2.24) is 10.3 Å². The Kier molecular flexibility index (Phi) is 4.30. The number of nitrogens with zero attached hydrogens (tertiary/aromatic N) is 1. The minimum Gasteiger partial charge on any atom is -0.384 e. The van der Waals surface area contributed by atoms with Crippen molar-refractivity contribution in [2.75, 3.05) is 6.54 Å². The SMILES string of the molecule is Cc1ccc(C(C)(O)CNCc2cccnc2)cc1. The Labute approximate surface area is 114 Å². The molecule has 0 aliphatic carbocycles. The summed E-state index contributed by atoms with van der Waals surface area (Å²) in [4.78, 5) is 4.07. The number of aromatic nitrogens is 1. The third-order valence-electron chi connectivity index (χ3n) is 3.19. The third kappa shape index (κ3) is 3.88. The van der Waals surface area contributed by atoms with Gasteiger partial charge in [-0.2, -0.15) is 0 Å². The average Bonchev–Trinajstić information content (AvgIpc) is 2.40. The van der Waals surface area contributed by atoms with Crippen molar-refractivity contribution in [2.45, 2.75) is 26.0 Å². The molecule has 0 bridgehead atoms. The fourth-order valence-electron chi connectivity index (χ4n) is 1.97. The monoisotopic (exact) mass is 256 g/mol. The Morgan fingerprint density at radius 2 is 1.95 bits per heavy atom. The zero-order valence-corrected chi connectivity index (χ0v) is 11.4. The first-order valence-corrected chi connectivity index (χ1v) is 6.47. The van der Waals surface area contributed by atoms with Crippen LogP contribution in [0.1, 0.15) is 23.6 Å². The van der Waals surface area contributed by atoms with E-state index in [0.717, 1.165) is 11.1 Å². The highest BCUT2D eigenvalue weighted by molar-refractivity contribution is 5.26. The van der Waals surface area contributed by atoms with Crippen molar-refractivity contribution in [3.63, 3.8) is 0 Å². The van der Waals surface area contributed by atoms with Gasteiger partial charge >= 0.3 is 0 Å². The lowest BCUT2D eigenvalue weighted by molar-refractivity contribution is 0.0566. The fraction of sp³-hybridized carbons (Fsp3) is 0.312. The van der Waals surface area contributed by atoms with Crippen LogP contribution in [0.2, 0.25) is 0 Å². The third-order valence-corrected chi connectivity index (χ3v) is 3.19. The maximum absolute atomic E-state index is 10.5. The number of benzene rings is 1. The highest BCUT2D eigenvalue weighted by Gasteiger charge is 2.22. The summed E-state index contributed by atoms with van der Waals surface area (Å²) in [5.74, 6) is 0. The van der Waals surface area contributed by atoms with Crippen LogP contribution in [0, 0.1) is 6.92 Å². The molecular formula is C16H20N2O. The number of aryl methyl sites for hydroxylation is 1. The summed E-state index contributed by atoms with van der Waals surface area (Å²) >= 11 is 0. The summed E-state index contributed by atoms with van der Waals surface area (Å²) in [5.41, 5.74) is 2.37. The maximum atomic E-state index is 10.5. The molecule has 0 aliphatic rings. The normalized spacial score (nSPS) is 14.1. The Bertz CT molecular complexity index is 506. The van der Waals surface area contributed by atoms with Crippen LogP contribution in [0.4, 0.5) is 0 Å². The molecule has 0 aliphatic heterocycles. The van der Waals surface area contributed by atoms with E-state index in [4.69, 9.17) is 0 Å². The molecule has 0 saturated heterocycles. The van der Waals surface area contributed by atoms with E-state index < -0.39 is 5.60 Å². The van der Waals surface area contributed by atoms with E-state index in [0.29, 0.717) is 13.1 Å². The lowest BCUT2D eigenvalue weighted by atomic mass is 9.95. The molecule has 2 rings (SSSR count). The lowest BCUT2D eigenvalue weighted by Gasteiger charge is -2.24. The van der Waals surface area contributed by atoms with Gasteiger partial charge < -0.3 is 10.4 Å². The minimum absolute atomic E-state index is 0.505. The zero-order valence-electron chi connectivity index (χ0n) is 11.4. The predicted octanol–water partition coefficient (Wildman–Crippen LogP) is 2.39. The van der Waals surface area contributed by atoms with Gasteiger partial charge in [-0.1, -0.05) is 35.9 Å². The Hall–Kier alpha value is -1.71. The molecule has 0 spiro atoms. The average molecular weight is 256 g/mol. The molecule has 1 aromatic heterocycles. The molecule has 1 unspecified atom stereocenters. The minimum atomic E-state index is -0.865. The first-order chi connectivity index (χ1) is 9.08. The summed E-state index contributed by atoms with van der Waals surface area (Å²) in [5, 5.41) is 13.7. The van der Waals surface area contributed by atoms with Crippen LogP contribution < -0.4 is 5.32 Å². The fourth-order valence-corrected chi connectivity index (χ4v) is 1.97. The van der Waals surface area contributed by atoms with E-state index >= 15 is 0 Å². The van der Waals surface area contributed by atoms with E-state index in [1.165, 1.54) is 5.56 Å². The van der Waals surface area contributed by atoms with Crippen molar-refractivity contribution < 1.29 is 5.11 Å². The van der Waals surface area contributed by atoms with Gasteiger partial charge in [0.2, 0.25) is 0 Å².